The number of aromatic nitrogens is 2. The lowest BCUT2D eigenvalue weighted by Crippen LogP contribution is -2.12. The van der Waals surface area contributed by atoms with Gasteiger partial charge in [0.15, 0.2) is 4.34 Å². The summed E-state index contributed by atoms with van der Waals surface area (Å²) in [7, 11) is 7.39. The molecule has 1 rings (SSSR count). The predicted octanol–water partition coefficient (Wildman–Crippen LogP) is 8.74. The highest BCUT2D eigenvalue weighted by molar-refractivity contribution is 8.77. The average Bonchev–Trinajstić information content (AvgIpc) is 3.00. The summed E-state index contributed by atoms with van der Waals surface area (Å²) in [6.45, 7) is 13.9. The molecule has 0 N–H and O–H groups in total. The van der Waals surface area contributed by atoms with Gasteiger partial charge >= 0.3 is 0 Å². The fourth-order valence-corrected chi connectivity index (χ4v) is 7.83. The SMILES string of the molecule is CCCCCC(C)(C)SSc1nsc(SSC(C)(C)CCCCC)n1. The van der Waals surface area contributed by atoms with Crippen LogP contribution < -0.4 is 0 Å². The molecule has 0 aliphatic carbocycles. The van der Waals surface area contributed by atoms with Gasteiger partial charge in [-0.15, -0.1) is 0 Å². The first-order valence-corrected chi connectivity index (χ1v) is 14.4. The van der Waals surface area contributed by atoms with E-state index in [1.807, 2.05) is 21.6 Å². The first-order chi connectivity index (χ1) is 11.8. The normalized spacial score (nSPS) is 12.7. The standard InChI is InChI=1S/C18H34N2S5/c1-7-9-11-13-17(3,4)24-22-15-19-16(21-20-15)23-25-18(5,6)14-12-10-8-2/h7-14H2,1-6H3. The summed E-state index contributed by atoms with van der Waals surface area (Å²) in [5.74, 6) is 0. The molecule has 0 unspecified atom stereocenters. The Hall–Kier alpha value is 0.960. The van der Waals surface area contributed by atoms with Crippen LogP contribution in [0.4, 0.5) is 0 Å². The largest absolute Gasteiger partial charge is 0.211 e. The van der Waals surface area contributed by atoms with E-state index >= 15 is 0 Å². The zero-order valence-corrected chi connectivity index (χ0v) is 20.7. The van der Waals surface area contributed by atoms with Crippen LogP contribution >= 0.6 is 54.7 Å². The monoisotopic (exact) mass is 438 g/mol. The van der Waals surface area contributed by atoms with Crippen LogP contribution in [0.5, 0.6) is 0 Å². The lowest BCUT2D eigenvalue weighted by Gasteiger charge is -2.22. The van der Waals surface area contributed by atoms with Crippen molar-refractivity contribution in [3.63, 3.8) is 0 Å². The summed E-state index contributed by atoms with van der Waals surface area (Å²) in [5, 5.41) is 0.922. The lowest BCUT2D eigenvalue weighted by molar-refractivity contribution is 0.575. The van der Waals surface area contributed by atoms with Crippen molar-refractivity contribution in [2.24, 2.45) is 0 Å². The van der Waals surface area contributed by atoms with E-state index < -0.39 is 0 Å². The fraction of sp³-hybridized carbons (Fsp3) is 0.889. The van der Waals surface area contributed by atoms with Gasteiger partial charge in [0.2, 0.25) is 5.16 Å². The smallest absolute Gasteiger partial charge is 0.201 e. The topological polar surface area (TPSA) is 25.8 Å². The molecule has 0 aromatic carbocycles. The third-order valence-electron chi connectivity index (χ3n) is 3.83. The van der Waals surface area contributed by atoms with Crippen molar-refractivity contribution in [1.82, 2.24) is 9.36 Å². The summed E-state index contributed by atoms with van der Waals surface area (Å²) in [5.41, 5.74) is 0. The summed E-state index contributed by atoms with van der Waals surface area (Å²) in [4.78, 5) is 4.70. The summed E-state index contributed by atoms with van der Waals surface area (Å²) in [6.07, 6.45) is 10.4. The van der Waals surface area contributed by atoms with Crippen LogP contribution in [0, 0.1) is 0 Å². The van der Waals surface area contributed by atoms with Gasteiger partial charge in [-0.05, 0) is 73.7 Å². The summed E-state index contributed by atoms with van der Waals surface area (Å²) in [6, 6.07) is 0. The van der Waals surface area contributed by atoms with E-state index in [1.54, 1.807) is 21.6 Å². The van der Waals surface area contributed by atoms with Gasteiger partial charge in [0.25, 0.3) is 0 Å². The Kier molecular flexibility index (Phi) is 11.9. The van der Waals surface area contributed by atoms with E-state index in [1.165, 1.54) is 62.9 Å². The minimum absolute atomic E-state index is 0.286. The van der Waals surface area contributed by atoms with Gasteiger partial charge in [-0.1, -0.05) is 74.0 Å². The number of nitrogens with zero attached hydrogens (tertiary/aromatic N) is 2. The fourth-order valence-electron chi connectivity index (χ4n) is 2.25. The first kappa shape index (κ1) is 24.0. The van der Waals surface area contributed by atoms with Gasteiger partial charge in [0, 0.05) is 9.49 Å². The molecule has 1 aromatic heterocycles. The summed E-state index contributed by atoms with van der Waals surface area (Å²) >= 11 is 1.54. The van der Waals surface area contributed by atoms with Gasteiger partial charge in [-0.25, -0.2) is 4.98 Å². The maximum atomic E-state index is 4.70. The predicted molar refractivity (Wildman–Crippen MR) is 123 cm³/mol. The Labute approximate surface area is 175 Å². The molecule has 25 heavy (non-hydrogen) atoms. The highest BCUT2D eigenvalue weighted by Crippen LogP contribution is 2.46. The van der Waals surface area contributed by atoms with Crippen molar-refractivity contribution in [2.75, 3.05) is 0 Å². The van der Waals surface area contributed by atoms with Crippen LogP contribution in [0.1, 0.15) is 92.9 Å². The molecular formula is C18H34N2S5. The van der Waals surface area contributed by atoms with Gasteiger partial charge in [0.05, 0.1) is 0 Å². The third kappa shape index (κ3) is 11.4. The van der Waals surface area contributed by atoms with Crippen molar-refractivity contribution < 1.29 is 0 Å². The maximum Gasteiger partial charge on any atom is 0.211 e. The molecule has 0 radical (unpaired) electrons. The highest BCUT2D eigenvalue weighted by atomic mass is 33.1. The number of hydrogen-bond donors (Lipinski definition) is 0. The molecule has 0 saturated heterocycles. The molecule has 0 spiro atoms. The Balaban J connectivity index is 2.36. The number of rotatable bonds is 14. The lowest BCUT2D eigenvalue weighted by atomic mass is 10.0. The van der Waals surface area contributed by atoms with E-state index in [2.05, 4.69) is 45.9 Å². The molecule has 0 aliphatic heterocycles. The molecule has 0 atom stereocenters. The first-order valence-electron chi connectivity index (χ1n) is 9.33. The Morgan fingerprint density at radius 2 is 1.32 bits per heavy atom. The van der Waals surface area contributed by atoms with Crippen LogP contribution in [0.2, 0.25) is 0 Å². The van der Waals surface area contributed by atoms with E-state index in [0.29, 0.717) is 4.75 Å². The van der Waals surface area contributed by atoms with Crippen LogP contribution in [0.3, 0.4) is 0 Å². The number of unbranched alkanes of at least 4 members (excludes halogenated alkanes) is 4. The third-order valence-corrected chi connectivity index (χ3v) is 11.4. The molecule has 1 aromatic rings. The Bertz CT molecular complexity index is 433. The van der Waals surface area contributed by atoms with Crippen molar-refractivity contribution in [3.8, 4) is 0 Å². The molecular weight excluding hydrogens is 405 g/mol. The maximum absolute atomic E-state index is 4.70. The van der Waals surface area contributed by atoms with E-state index in [9.17, 15) is 0 Å². The molecule has 1 heterocycles. The van der Waals surface area contributed by atoms with Gasteiger partial charge in [0.1, 0.15) is 0 Å². The van der Waals surface area contributed by atoms with Gasteiger partial charge < -0.3 is 0 Å². The van der Waals surface area contributed by atoms with Gasteiger partial charge in [-0.3, -0.25) is 0 Å². The van der Waals surface area contributed by atoms with Crippen LogP contribution in [-0.4, -0.2) is 18.9 Å². The molecule has 0 aliphatic rings. The summed E-state index contributed by atoms with van der Waals surface area (Å²) < 4.78 is 6.20. The second kappa shape index (κ2) is 12.4. The second-order valence-corrected chi connectivity index (χ2v) is 14.2. The average molecular weight is 439 g/mol. The molecule has 2 nitrogen and oxygen atoms in total. The minimum atomic E-state index is 0.286. The molecule has 146 valence electrons. The Morgan fingerprint density at radius 3 is 1.84 bits per heavy atom. The van der Waals surface area contributed by atoms with Crippen molar-refractivity contribution in [1.29, 1.82) is 0 Å². The van der Waals surface area contributed by atoms with Crippen LogP contribution in [0.15, 0.2) is 9.50 Å². The molecule has 0 saturated carbocycles. The van der Waals surface area contributed by atoms with E-state index in [4.69, 9.17) is 4.98 Å². The molecule has 0 amide bonds. The van der Waals surface area contributed by atoms with Crippen LogP contribution in [0.25, 0.3) is 0 Å². The van der Waals surface area contributed by atoms with Crippen molar-refractivity contribution >= 4 is 54.7 Å². The zero-order valence-electron chi connectivity index (χ0n) is 16.6. The quantitative estimate of drug-likeness (QED) is 0.213. The second-order valence-electron chi connectivity index (χ2n) is 7.61. The van der Waals surface area contributed by atoms with Crippen molar-refractivity contribution in [3.05, 3.63) is 0 Å². The Morgan fingerprint density at radius 1 is 0.800 bits per heavy atom. The zero-order chi connectivity index (χ0) is 18.8. The van der Waals surface area contributed by atoms with Crippen LogP contribution in [-0.2, 0) is 0 Å². The van der Waals surface area contributed by atoms with E-state index in [-0.39, 0.29) is 4.75 Å². The van der Waals surface area contributed by atoms with Crippen molar-refractivity contribution in [2.45, 2.75) is 112 Å². The molecule has 0 fully saturated rings. The van der Waals surface area contributed by atoms with Gasteiger partial charge in [-0.2, -0.15) is 4.37 Å². The highest BCUT2D eigenvalue weighted by Gasteiger charge is 2.22. The molecule has 0 bridgehead atoms. The minimum Gasteiger partial charge on any atom is -0.201 e. The number of hydrogen-bond acceptors (Lipinski definition) is 7. The molecule has 7 heteroatoms. The van der Waals surface area contributed by atoms with E-state index in [0.717, 1.165) is 9.50 Å².